The first-order valence-electron chi connectivity index (χ1n) is 12.8. The highest BCUT2D eigenvalue weighted by Crippen LogP contribution is 2.56. The molecule has 0 spiro atoms. The van der Waals surface area contributed by atoms with Crippen LogP contribution in [0.1, 0.15) is 34.3 Å². The first-order valence-corrected chi connectivity index (χ1v) is 12.8. The molecule has 0 radical (unpaired) electrons. The maximum Gasteiger partial charge on any atom is 0.310 e. The minimum Gasteiger partial charge on any atom is -0.493 e. The molecule has 8 nitrogen and oxygen atoms in total. The van der Waals surface area contributed by atoms with Crippen molar-refractivity contribution in [2.75, 3.05) is 41.3 Å². The number of benzene rings is 3. The highest BCUT2D eigenvalue weighted by molar-refractivity contribution is 5.79. The zero-order valence-electron chi connectivity index (χ0n) is 22.1. The van der Waals surface area contributed by atoms with Gasteiger partial charge in [0, 0.05) is 11.8 Å². The molecule has 1 saturated heterocycles. The van der Waals surface area contributed by atoms with Crippen molar-refractivity contribution in [2.45, 2.75) is 12.0 Å². The number of hydrogen-bond acceptors (Lipinski definition) is 8. The monoisotopic (exact) mass is 530 g/mol. The van der Waals surface area contributed by atoms with E-state index in [0.29, 0.717) is 35.4 Å². The zero-order valence-corrected chi connectivity index (χ0v) is 22.1. The molecule has 3 aliphatic rings. The van der Waals surface area contributed by atoms with Crippen LogP contribution >= 0.6 is 0 Å². The molecule has 2 heterocycles. The van der Waals surface area contributed by atoms with E-state index in [1.807, 2.05) is 54.6 Å². The first kappa shape index (κ1) is 25.1. The number of hydrogen-bond donors (Lipinski definition) is 0. The number of cyclic esters (lactones) is 1. The molecule has 0 bridgehead atoms. The predicted octanol–water partition coefficient (Wildman–Crippen LogP) is 5.15. The van der Waals surface area contributed by atoms with Crippen molar-refractivity contribution in [3.05, 3.63) is 83.4 Å². The van der Waals surface area contributed by atoms with Gasteiger partial charge in [-0.25, -0.2) is 0 Å². The van der Waals surface area contributed by atoms with Crippen LogP contribution in [0.5, 0.6) is 28.7 Å². The van der Waals surface area contributed by atoms with Crippen molar-refractivity contribution < 1.29 is 38.0 Å². The maximum atomic E-state index is 13.3. The second-order valence-electron chi connectivity index (χ2n) is 9.79. The average Bonchev–Trinajstić information content (AvgIpc) is 3.59. The number of ether oxygens (including phenoxy) is 7. The fraction of sp³-hybridized carbons (Fsp3) is 0.323. The molecular formula is C31H30O8. The van der Waals surface area contributed by atoms with Crippen molar-refractivity contribution in [1.82, 2.24) is 0 Å². The van der Waals surface area contributed by atoms with Gasteiger partial charge < -0.3 is 33.2 Å². The molecule has 0 saturated carbocycles. The van der Waals surface area contributed by atoms with Gasteiger partial charge in [0.15, 0.2) is 23.0 Å². The number of fused-ring (bicyclic) bond motifs is 3. The van der Waals surface area contributed by atoms with Gasteiger partial charge in [-0.1, -0.05) is 36.9 Å². The SMILES string of the molecule is C=C(CO[C@@H]1c2cc3c(cc2[C@@H](c2cc(OC)c(OC)c(OC)c2)[C@H]2C(=O)OC[C@@H]21)OCO3)c1ccccc1. The molecule has 0 N–H and O–H groups in total. The number of esters is 1. The van der Waals surface area contributed by atoms with Crippen molar-refractivity contribution in [3.63, 3.8) is 0 Å². The average molecular weight is 531 g/mol. The molecule has 3 aromatic carbocycles. The van der Waals surface area contributed by atoms with Crippen LogP contribution in [0.15, 0.2) is 61.2 Å². The van der Waals surface area contributed by atoms with E-state index >= 15 is 0 Å². The van der Waals surface area contributed by atoms with Crippen molar-refractivity contribution in [3.8, 4) is 28.7 Å². The Morgan fingerprint density at radius 2 is 1.56 bits per heavy atom. The second kappa shape index (κ2) is 10.2. The summed E-state index contributed by atoms with van der Waals surface area (Å²) in [6.45, 7) is 4.92. The summed E-state index contributed by atoms with van der Waals surface area (Å²) in [6, 6.07) is 17.6. The summed E-state index contributed by atoms with van der Waals surface area (Å²) in [5, 5.41) is 0. The third-order valence-corrected chi connectivity index (χ3v) is 7.78. The van der Waals surface area contributed by atoms with Gasteiger partial charge in [0.2, 0.25) is 12.5 Å². The number of carbonyl (C=O) groups excluding carboxylic acids is 1. The molecule has 39 heavy (non-hydrogen) atoms. The lowest BCUT2D eigenvalue weighted by Crippen LogP contribution is -2.36. The van der Waals surface area contributed by atoms with E-state index in [9.17, 15) is 4.79 Å². The summed E-state index contributed by atoms with van der Waals surface area (Å²) < 4.78 is 40.5. The van der Waals surface area contributed by atoms with Crippen LogP contribution in [-0.2, 0) is 14.3 Å². The van der Waals surface area contributed by atoms with E-state index in [1.54, 1.807) is 21.3 Å². The summed E-state index contributed by atoms with van der Waals surface area (Å²) in [5.41, 5.74) is 4.53. The summed E-state index contributed by atoms with van der Waals surface area (Å²) >= 11 is 0. The molecule has 0 unspecified atom stereocenters. The van der Waals surface area contributed by atoms with Gasteiger partial charge in [-0.3, -0.25) is 4.79 Å². The lowest BCUT2D eigenvalue weighted by molar-refractivity contribution is -0.141. The molecule has 4 atom stereocenters. The van der Waals surface area contributed by atoms with Gasteiger partial charge >= 0.3 is 5.97 Å². The fourth-order valence-electron chi connectivity index (χ4n) is 5.95. The van der Waals surface area contributed by atoms with Crippen molar-refractivity contribution >= 4 is 11.5 Å². The second-order valence-corrected chi connectivity index (χ2v) is 9.79. The van der Waals surface area contributed by atoms with E-state index in [1.165, 1.54) is 0 Å². The van der Waals surface area contributed by atoms with E-state index < -0.39 is 12.0 Å². The maximum absolute atomic E-state index is 13.3. The number of carbonyl (C=O) groups is 1. The molecule has 0 aromatic heterocycles. The van der Waals surface area contributed by atoms with Gasteiger partial charge in [0.25, 0.3) is 0 Å². The molecule has 202 valence electrons. The Hall–Kier alpha value is -4.17. The lowest BCUT2D eigenvalue weighted by atomic mass is 9.66. The van der Waals surface area contributed by atoms with Crippen molar-refractivity contribution in [2.24, 2.45) is 11.8 Å². The third-order valence-electron chi connectivity index (χ3n) is 7.78. The van der Waals surface area contributed by atoms with Gasteiger partial charge in [-0.05, 0) is 52.1 Å². The third kappa shape index (κ3) is 4.25. The first-order chi connectivity index (χ1) is 19.0. The highest BCUT2D eigenvalue weighted by Gasteiger charge is 2.53. The summed E-state index contributed by atoms with van der Waals surface area (Å²) in [5.74, 6) is 1.44. The Morgan fingerprint density at radius 1 is 0.897 bits per heavy atom. The fourth-order valence-corrected chi connectivity index (χ4v) is 5.95. The Labute approximate surface area is 227 Å². The molecule has 1 aliphatic carbocycles. The quantitative estimate of drug-likeness (QED) is 0.370. The van der Waals surface area contributed by atoms with Crippen LogP contribution in [0.25, 0.3) is 5.57 Å². The van der Waals surface area contributed by atoms with Gasteiger partial charge in [-0.15, -0.1) is 0 Å². The predicted molar refractivity (Wildman–Crippen MR) is 143 cm³/mol. The minimum atomic E-state index is -0.490. The molecule has 3 aromatic rings. The Kier molecular flexibility index (Phi) is 6.56. The topological polar surface area (TPSA) is 81.7 Å². The smallest absolute Gasteiger partial charge is 0.310 e. The largest absolute Gasteiger partial charge is 0.493 e. The highest BCUT2D eigenvalue weighted by atomic mass is 16.7. The van der Waals surface area contributed by atoms with E-state index in [-0.39, 0.29) is 31.2 Å². The van der Waals surface area contributed by atoms with Crippen LogP contribution in [0.2, 0.25) is 0 Å². The lowest BCUT2D eigenvalue weighted by Gasteiger charge is -2.39. The van der Waals surface area contributed by atoms with Gasteiger partial charge in [0.1, 0.15) is 0 Å². The van der Waals surface area contributed by atoms with E-state index in [4.69, 9.17) is 33.2 Å². The Bertz CT molecular complexity index is 1390. The minimum absolute atomic E-state index is 0.137. The van der Waals surface area contributed by atoms with E-state index in [2.05, 4.69) is 6.58 Å². The van der Waals surface area contributed by atoms with E-state index in [0.717, 1.165) is 27.8 Å². The molecule has 6 rings (SSSR count). The molecule has 8 heteroatoms. The van der Waals surface area contributed by atoms with Gasteiger partial charge in [0.05, 0.1) is 46.6 Å². The summed E-state index contributed by atoms with van der Waals surface area (Å²) in [7, 11) is 4.71. The molecular weight excluding hydrogens is 500 g/mol. The van der Waals surface area contributed by atoms with Crippen LogP contribution in [0, 0.1) is 11.8 Å². The van der Waals surface area contributed by atoms with Gasteiger partial charge in [-0.2, -0.15) is 0 Å². The van der Waals surface area contributed by atoms with Crippen LogP contribution in [0.3, 0.4) is 0 Å². The number of methoxy groups -OCH3 is 3. The number of rotatable bonds is 8. The molecule has 1 fully saturated rings. The zero-order chi connectivity index (χ0) is 27.1. The Morgan fingerprint density at radius 3 is 2.21 bits per heavy atom. The van der Waals surface area contributed by atoms with Crippen LogP contribution < -0.4 is 23.7 Å². The standard InChI is InChI=1S/C31H30O8/c1-17(18-8-6-5-7-9-18)14-36-29-21-13-24-23(38-16-39-24)12-20(21)27(28-22(29)15-37-31(28)32)19-10-25(33-2)30(35-4)26(11-19)34-3/h5-13,22,27-29H,1,14-16H2,2-4H3/t22-,27+,28-,29+/m0/s1. The van der Waals surface area contributed by atoms with Crippen molar-refractivity contribution in [1.29, 1.82) is 0 Å². The Balaban J connectivity index is 1.47. The molecule has 2 aliphatic heterocycles. The summed E-state index contributed by atoms with van der Waals surface area (Å²) in [6.07, 6.45) is -0.412. The van der Waals surface area contributed by atoms with Crippen LogP contribution in [0.4, 0.5) is 0 Å². The summed E-state index contributed by atoms with van der Waals surface area (Å²) in [4.78, 5) is 13.3. The van der Waals surface area contributed by atoms with Crippen LogP contribution in [-0.4, -0.2) is 47.3 Å². The normalized spacial score (nSPS) is 22.5. The molecule has 0 amide bonds.